The molecule has 0 radical (unpaired) electrons. The molecule has 1 N–H and O–H groups in total. The third-order valence-corrected chi connectivity index (χ3v) is 3.05. The van der Waals surface area contributed by atoms with Gasteiger partial charge < -0.3 is 14.8 Å². The molecule has 2 rings (SSSR count). The molecule has 1 fully saturated rings. The molecule has 1 atom stereocenters. The Kier molecular flexibility index (Phi) is 4.18. The van der Waals surface area contributed by atoms with Crippen molar-refractivity contribution in [3.8, 4) is 0 Å². The van der Waals surface area contributed by atoms with E-state index in [2.05, 4.69) is 5.32 Å². The molecule has 1 aliphatic rings. The molecule has 1 saturated heterocycles. The summed E-state index contributed by atoms with van der Waals surface area (Å²) in [6.45, 7) is 2.11. The van der Waals surface area contributed by atoms with E-state index in [1.54, 1.807) is 0 Å². The van der Waals surface area contributed by atoms with Gasteiger partial charge in [0.15, 0.2) is 6.29 Å². The maximum Gasteiger partial charge on any atom is 0.165 e. The van der Waals surface area contributed by atoms with Crippen molar-refractivity contribution in [1.29, 1.82) is 0 Å². The quantitative estimate of drug-likeness (QED) is 0.875. The fourth-order valence-electron chi connectivity index (χ4n) is 1.96. The van der Waals surface area contributed by atoms with E-state index in [0.29, 0.717) is 13.2 Å². The van der Waals surface area contributed by atoms with E-state index in [4.69, 9.17) is 21.1 Å². The maximum absolute atomic E-state index is 6.19. The molecule has 1 aromatic rings. The van der Waals surface area contributed by atoms with Crippen LogP contribution in [0.15, 0.2) is 24.3 Å². The van der Waals surface area contributed by atoms with E-state index in [1.807, 2.05) is 31.3 Å². The van der Waals surface area contributed by atoms with Gasteiger partial charge >= 0.3 is 0 Å². The first-order valence-corrected chi connectivity index (χ1v) is 5.83. The molecule has 16 heavy (non-hydrogen) atoms. The molecule has 1 aliphatic heterocycles. The molecule has 1 unspecified atom stereocenters. The Labute approximate surface area is 101 Å². The topological polar surface area (TPSA) is 30.5 Å². The fourth-order valence-corrected chi connectivity index (χ4v) is 2.23. The van der Waals surface area contributed by atoms with Gasteiger partial charge in [0.05, 0.1) is 13.2 Å². The second kappa shape index (κ2) is 5.64. The molecule has 0 amide bonds. The Hall–Kier alpha value is -0.610. The first-order valence-electron chi connectivity index (χ1n) is 5.45. The number of likely N-dealkylation sites (N-methyl/N-ethyl adjacent to an activating group) is 1. The van der Waals surface area contributed by atoms with E-state index in [9.17, 15) is 0 Å². The predicted molar refractivity (Wildman–Crippen MR) is 63.8 cm³/mol. The van der Waals surface area contributed by atoms with Crippen molar-refractivity contribution in [3.63, 3.8) is 0 Å². The number of nitrogens with one attached hydrogen (secondary N) is 1. The Morgan fingerprint density at radius 3 is 2.69 bits per heavy atom. The third-order valence-electron chi connectivity index (χ3n) is 2.70. The zero-order chi connectivity index (χ0) is 11.4. The standard InChI is InChI=1S/C12H16ClNO2/c1-14-8-10(12-15-6-7-16-12)9-4-2-3-5-11(9)13/h2-5,10,12,14H,6-8H2,1H3. The van der Waals surface area contributed by atoms with Crippen LogP contribution in [0.1, 0.15) is 11.5 Å². The first kappa shape index (κ1) is 11.9. The van der Waals surface area contributed by atoms with Crippen molar-refractivity contribution in [2.45, 2.75) is 12.2 Å². The average Bonchev–Trinajstić information content (AvgIpc) is 2.80. The minimum Gasteiger partial charge on any atom is -0.350 e. The van der Waals surface area contributed by atoms with Crippen LogP contribution in [0.3, 0.4) is 0 Å². The van der Waals surface area contributed by atoms with Gasteiger partial charge in [0.2, 0.25) is 0 Å². The molecule has 3 nitrogen and oxygen atoms in total. The van der Waals surface area contributed by atoms with Crippen LogP contribution in [0.25, 0.3) is 0 Å². The molecular formula is C12H16ClNO2. The van der Waals surface area contributed by atoms with Gasteiger partial charge in [-0.05, 0) is 18.7 Å². The van der Waals surface area contributed by atoms with Crippen molar-refractivity contribution < 1.29 is 9.47 Å². The van der Waals surface area contributed by atoms with Gasteiger partial charge in [0, 0.05) is 17.5 Å². The van der Waals surface area contributed by atoms with Crippen LogP contribution in [0.5, 0.6) is 0 Å². The van der Waals surface area contributed by atoms with Gasteiger partial charge in [-0.25, -0.2) is 0 Å². The Balaban J connectivity index is 2.21. The Bertz CT molecular complexity index is 340. The summed E-state index contributed by atoms with van der Waals surface area (Å²) in [5.74, 6) is 0.140. The van der Waals surface area contributed by atoms with Gasteiger partial charge in [0.25, 0.3) is 0 Å². The maximum atomic E-state index is 6.19. The number of benzene rings is 1. The minimum absolute atomic E-state index is 0.140. The summed E-state index contributed by atoms with van der Waals surface area (Å²) in [5, 5.41) is 3.92. The van der Waals surface area contributed by atoms with Gasteiger partial charge in [-0.1, -0.05) is 29.8 Å². The van der Waals surface area contributed by atoms with Gasteiger partial charge in [-0.15, -0.1) is 0 Å². The van der Waals surface area contributed by atoms with Crippen LogP contribution < -0.4 is 5.32 Å². The first-order chi connectivity index (χ1) is 7.83. The Morgan fingerprint density at radius 2 is 2.06 bits per heavy atom. The molecule has 1 heterocycles. The SMILES string of the molecule is CNCC(c1ccccc1Cl)C1OCCO1. The molecule has 0 spiro atoms. The van der Waals surface area contributed by atoms with Crippen molar-refractivity contribution in [1.82, 2.24) is 5.32 Å². The van der Waals surface area contributed by atoms with E-state index < -0.39 is 0 Å². The van der Waals surface area contributed by atoms with Crippen molar-refractivity contribution >= 4 is 11.6 Å². The molecule has 0 aliphatic carbocycles. The highest BCUT2D eigenvalue weighted by atomic mass is 35.5. The zero-order valence-corrected chi connectivity index (χ0v) is 10.0. The van der Waals surface area contributed by atoms with Gasteiger partial charge in [-0.3, -0.25) is 0 Å². The fraction of sp³-hybridized carbons (Fsp3) is 0.500. The second-order valence-corrected chi connectivity index (χ2v) is 4.20. The second-order valence-electron chi connectivity index (χ2n) is 3.80. The minimum atomic E-state index is -0.188. The third kappa shape index (κ3) is 2.55. The zero-order valence-electron chi connectivity index (χ0n) is 9.28. The lowest BCUT2D eigenvalue weighted by atomic mass is 9.98. The molecule has 0 bridgehead atoms. The van der Waals surface area contributed by atoms with Crippen LogP contribution in [-0.2, 0) is 9.47 Å². The van der Waals surface area contributed by atoms with Crippen molar-refractivity contribution in [3.05, 3.63) is 34.9 Å². The summed E-state index contributed by atoms with van der Waals surface area (Å²) >= 11 is 6.19. The molecule has 0 aromatic heterocycles. The normalized spacial score (nSPS) is 18.9. The molecule has 1 aromatic carbocycles. The van der Waals surface area contributed by atoms with Crippen LogP contribution in [0.4, 0.5) is 0 Å². The number of halogens is 1. The van der Waals surface area contributed by atoms with Crippen molar-refractivity contribution in [2.75, 3.05) is 26.8 Å². The molecule has 88 valence electrons. The molecule has 4 heteroatoms. The van der Waals surface area contributed by atoms with Gasteiger partial charge in [-0.2, -0.15) is 0 Å². The van der Waals surface area contributed by atoms with E-state index in [0.717, 1.165) is 17.1 Å². The number of hydrogen-bond acceptors (Lipinski definition) is 3. The highest BCUT2D eigenvalue weighted by Gasteiger charge is 2.28. The van der Waals surface area contributed by atoms with Crippen LogP contribution in [0, 0.1) is 0 Å². The smallest absolute Gasteiger partial charge is 0.165 e. The van der Waals surface area contributed by atoms with Crippen LogP contribution in [-0.4, -0.2) is 33.1 Å². The summed E-state index contributed by atoms with van der Waals surface area (Å²) in [6, 6.07) is 7.83. The highest BCUT2D eigenvalue weighted by Crippen LogP contribution is 2.30. The average molecular weight is 242 g/mol. The molecular weight excluding hydrogens is 226 g/mol. The monoisotopic (exact) mass is 241 g/mol. The lowest BCUT2D eigenvalue weighted by molar-refractivity contribution is -0.0602. The van der Waals surface area contributed by atoms with E-state index >= 15 is 0 Å². The van der Waals surface area contributed by atoms with Crippen molar-refractivity contribution in [2.24, 2.45) is 0 Å². The van der Waals surface area contributed by atoms with Gasteiger partial charge in [0.1, 0.15) is 0 Å². The number of rotatable bonds is 4. The summed E-state index contributed by atoms with van der Waals surface area (Å²) in [5.41, 5.74) is 1.07. The number of ether oxygens (including phenoxy) is 2. The summed E-state index contributed by atoms with van der Waals surface area (Å²) in [4.78, 5) is 0. The lowest BCUT2D eigenvalue weighted by Gasteiger charge is -2.23. The molecule has 0 saturated carbocycles. The largest absolute Gasteiger partial charge is 0.350 e. The number of hydrogen-bond donors (Lipinski definition) is 1. The van der Waals surface area contributed by atoms with E-state index in [1.165, 1.54) is 0 Å². The van der Waals surface area contributed by atoms with Crippen LogP contribution in [0.2, 0.25) is 5.02 Å². The Morgan fingerprint density at radius 1 is 1.38 bits per heavy atom. The summed E-state index contributed by atoms with van der Waals surface area (Å²) in [6.07, 6.45) is -0.188. The lowest BCUT2D eigenvalue weighted by Crippen LogP contribution is -2.28. The highest BCUT2D eigenvalue weighted by molar-refractivity contribution is 6.31. The predicted octanol–water partition coefficient (Wildman–Crippen LogP) is 2.02. The summed E-state index contributed by atoms with van der Waals surface area (Å²) in [7, 11) is 1.92. The van der Waals surface area contributed by atoms with E-state index in [-0.39, 0.29) is 12.2 Å². The summed E-state index contributed by atoms with van der Waals surface area (Å²) < 4.78 is 11.1. The van der Waals surface area contributed by atoms with Crippen LogP contribution >= 0.6 is 11.6 Å².